The van der Waals surface area contributed by atoms with Crippen LogP contribution in [0.15, 0.2) is 18.6 Å². The summed E-state index contributed by atoms with van der Waals surface area (Å²) >= 11 is 0. The van der Waals surface area contributed by atoms with E-state index in [0.717, 1.165) is 0 Å². The number of carbonyl (C=O) groups is 1. The average molecular weight is 286 g/mol. The molecule has 0 aliphatic carbocycles. The predicted octanol–water partition coefficient (Wildman–Crippen LogP) is 0.378. The number of primary amides is 1. The van der Waals surface area contributed by atoms with Crippen molar-refractivity contribution < 1.29 is 4.79 Å². The molecule has 0 aliphatic rings. The molecule has 2 heterocycles. The summed E-state index contributed by atoms with van der Waals surface area (Å²) in [4.78, 5) is 19.5. The van der Waals surface area contributed by atoms with Crippen molar-refractivity contribution in [3.05, 3.63) is 24.2 Å². The van der Waals surface area contributed by atoms with Gasteiger partial charge in [-0.3, -0.25) is 9.48 Å². The molecule has 9 heteroatoms. The molecule has 0 fully saturated rings. The second kappa shape index (κ2) is 6.33. The SMILES string of the molecule is Cn1cc(Nc2ncc(C(N)=O)c(NCCC#N)n2)cn1. The summed E-state index contributed by atoms with van der Waals surface area (Å²) < 4.78 is 1.63. The fourth-order valence-corrected chi connectivity index (χ4v) is 1.61. The zero-order chi connectivity index (χ0) is 15.2. The third-order valence-electron chi connectivity index (χ3n) is 2.54. The van der Waals surface area contributed by atoms with Gasteiger partial charge in [-0.05, 0) is 0 Å². The van der Waals surface area contributed by atoms with Crippen molar-refractivity contribution in [3.8, 4) is 6.07 Å². The summed E-state index contributed by atoms with van der Waals surface area (Å²) in [6.07, 6.45) is 5.00. The number of hydrogen-bond donors (Lipinski definition) is 3. The highest BCUT2D eigenvalue weighted by Crippen LogP contribution is 2.16. The van der Waals surface area contributed by atoms with Gasteiger partial charge in [-0.1, -0.05) is 0 Å². The van der Waals surface area contributed by atoms with Crippen LogP contribution >= 0.6 is 0 Å². The number of nitrogens with zero attached hydrogens (tertiary/aromatic N) is 5. The van der Waals surface area contributed by atoms with Gasteiger partial charge in [0.15, 0.2) is 0 Å². The highest BCUT2D eigenvalue weighted by atomic mass is 16.1. The van der Waals surface area contributed by atoms with Crippen molar-refractivity contribution in [1.82, 2.24) is 19.7 Å². The average Bonchev–Trinajstić information content (AvgIpc) is 2.84. The normalized spacial score (nSPS) is 9.90. The lowest BCUT2D eigenvalue weighted by Crippen LogP contribution is -2.17. The number of rotatable bonds is 6. The van der Waals surface area contributed by atoms with Crippen molar-refractivity contribution in [2.45, 2.75) is 6.42 Å². The van der Waals surface area contributed by atoms with E-state index < -0.39 is 5.91 Å². The fraction of sp³-hybridized carbons (Fsp3) is 0.250. The minimum atomic E-state index is -0.637. The van der Waals surface area contributed by atoms with E-state index >= 15 is 0 Å². The lowest BCUT2D eigenvalue weighted by molar-refractivity contribution is 0.100. The van der Waals surface area contributed by atoms with Crippen molar-refractivity contribution in [3.63, 3.8) is 0 Å². The lowest BCUT2D eigenvalue weighted by atomic mass is 10.3. The van der Waals surface area contributed by atoms with Gasteiger partial charge in [0.25, 0.3) is 5.91 Å². The number of nitrogens with two attached hydrogens (primary N) is 1. The van der Waals surface area contributed by atoms with Crippen LogP contribution in [0.4, 0.5) is 17.5 Å². The summed E-state index contributed by atoms with van der Waals surface area (Å²) in [6, 6.07) is 2.00. The lowest BCUT2D eigenvalue weighted by Gasteiger charge is -2.09. The maximum atomic E-state index is 11.3. The molecular formula is C12H14N8O. The van der Waals surface area contributed by atoms with E-state index in [1.807, 2.05) is 6.07 Å². The van der Waals surface area contributed by atoms with Gasteiger partial charge in [-0.2, -0.15) is 15.3 Å². The number of aromatic nitrogens is 4. The van der Waals surface area contributed by atoms with Crippen molar-refractivity contribution >= 4 is 23.4 Å². The van der Waals surface area contributed by atoms with Gasteiger partial charge >= 0.3 is 0 Å². The largest absolute Gasteiger partial charge is 0.368 e. The van der Waals surface area contributed by atoms with E-state index in [9.17, 15) is 4.79 Å². The molecular weight excluding hydrogens is 272 g/mol. The first kappa shape index (κ1) is 14.3. The second-order valence-electron chi connectivity index (χ2n) is 4.18. The monoisotopic (exact) mass is 286 g/mol. The van der Waals surface area contributed by atoms with E-state index in [2.05, 4.69) is 25.7 Å². The minimum Gasteiger partial charge on any atom is -0.368 e. The standard InChI is InChI=1S/C12H14N8O/c1-20-7-8(5-17-20)18-12-16-6-9(10(14)21)11(19-12)15-4-2-3-13/h5-7H,2,4H2,1H3,(H2,14,21)(H2,15,16,18,19). The van der Waals surface area contributed by atoms with Crippen LogP contribution in [0, 0.1) is 11.3 Å². The minimum absolute atomic E-state index is 0.171. The van der Waals surface area contributed by atoms with Crippen LogP contribution in [0.3, 0.4) is 0 Å². The first-order chi connectivity index (χ1) is 10.1. The molecule has 0 aromatic carbocycles. The molecule has 0 saturated carbocycles. The van der Waals surface area contributed by atoms with E-state index in [-0.39, 0.29) is 12.0 Å². The van der Waals surface area contributed by atoms with Crippen molar-refractivity contribution in [2.24, 2.45) is 12.8 Å². The Kier molecular flexibility index (Phi) is 4.30. The fourth-order valence-electron chi connectivity index (χ4n) is 1.61. The molecule has 108 valence electrons. The molecule has 9 nitrogen and oxygen atoms in total. The number of carbonyl (C=O) groups excluding carboxylic acids is 1. The zero-order valence-electron chi connectivity index (χ0n) is 11.4. The second-order valence-corrected chi connectivity index (χ2v) is 4.18. The number of nitrogens with one attached hydrogen (secondary N) is 2. The van der Waals surface area contributed by atoms with Crippen LogP contribution in [0.25, 0.3) is 0 Å². The van der Waals surface area contributed by atoms with Gasteiger partial charge in [-0.15, -0.1) is 0 Å². The molecule has 4 N–H and O–H groups in total. The van der Waals surface area contributed by atoms with Crippen molar-refractivity contribution in [2.75, 3.05) is 17.2 Å². The van der Waals surface area contributed by atoms with E-state index in [1.165, 1.54) is 6.20 Å². The number of hydrogen-bond acceptors (Lipinski definition) is 7. The van der Waals surface area contributed by atoms with Gasteiger partial charge < -0.3 is 16.4 Å². The van der Waals surface area contributed by atoms with Crippen LogP contribution in [0.1, 0.15) is 16.8 Å². The molecule has 21 heavy (non-hydrogen) atoms. The van der Waals surface area contributed by atoms with Gasteiger partial charge in [0.2, 0.25) is 5.95 Å². The Hall–Kier alpha value is -3.15. The number of nitriles is 1. The summed E-state index contributed by atoms with van der Waals surface area (Å²) in [5, 5.41) is 18.4. The maximum Gasteiger partial charge on any atom is 0.254 e. The molecule has 0 atom stereocenters. The van der Waals surface area contributed by atoms with Gasteiger partial charge in [0.1, 0.15) is 5.82 Å². The summed E-state index contributed by atoms with van der Waals surface area (Å²) in [5.74, 6) is -0.0472. The first-order valence-corrected chi connectivity index (χ1v) is 6.13. The highest BCUT2D eigenvalue weighted by molar-refractivity contribution is 5.97. The third-order valence-corrected chi connectivity index (χ3v) is 2.54. The Bertz CT molecular complexity index is 687. The molecule has 0 spiro atoms. The van der Waals surface area contributed by atoms with Gasteiger partial charge in [0.05, 0.1) is 29.9 Å². The molecule has 2 aromatic rings. The van der Waals surface area contributed by atoms with Crippen LogP contribution in [-0.2, 0) is 7.05 Å². The molecule has 2 rings (SSSR count). The molecule has 0 unspecified atom stereocenters. The Labute approximate surface area is 120 Å². The van der Waals surface area contributed by atoms with E-state index in [4.69, 9.17) is 11.0 Å². The van der Waals surface area contributed by atoms with E-state index in [1.54, 1.807) is 24.1 Å². The highest BCUT2D eigenvalue weighted by Gasteiger charge is 2.12. The molecule has 0 saturated heterocycles. The molecule has 0 bridgehead atoms. The van der Waals surface area contributed by atoms with E-state index in [0.29, 0.717) is 24.0 Å². The van der Waals surface area contributed by atoms with Crippen LogP contribution in [0.2, 0.25) is 0 Å². The smallest absolute Gasteiger partial charge is 0.254 e. The number of anilines is 3. The Morgan fingerprint density at radius 1 is 1.52 bits per heavy atom. The first-order valence-electron chi connectivity index (χ1n) is 6.13. The van der Waals surface area contributed by atoms with Crippen molar-refractivity contribution in [1.29, 1.82) is 5.26 Å². The third kappa shape index (κ3) is 3.66. The molecule has 2 aromatic heterocycles. The quantitative estimate of drug-likeness (QED) is 0.653. The summed E-state index contributed by atoms with van der Waals surface area (Å²) in [7, 11) is 1.79. The zero-order valence-corrected chi connectivity index (χ0v) is 11.4. The van der Waals surface area contributed by atoms with Crippen LogP contribution in [-0.4, -0.2) is 32.2 Å². The number of aryl methyl sites for hydroxylation is 1. The topological polar surface area (TPSA) is 135 Å². The Morgan fingerprint density at radius 2 is 2.33 bits per heavy atom. The summed E-state index contributed by atoms with van der Waals surface area (Å²) in [5.41, 5.74) is 6.15. The number of amides is 1. The predicted molar refractivity (Wildman–Crippen MR) is 75.8 cm³/mol. The molecule has 0 radical (unpaired) electrons. The Balaban J connectivity index is 2.21. The van der Waals surface area contributed by atoms with Gasteiger partial charge in [-0.25, -0.2) is 4.98 Å². The Morgan fingerprint density at radius 3 is 2.95 bits per heavy atom. The molecule has 1 amide bonds. The maximum absolute atomic E-state index is 11.3. The van der Waals surface area contributed by atoms with Crippen LogP contribution < -0.4 is 16.4 Å². The molecule has 0 aliphatic heterocycles. The summed E-state index contributed by atoms with van der Waals surface area (Å²) in [6.45, 7) is 0.361. The van der Waals surface area contributed by atoms with Crippen LogP contribution in [0.5, 0.6) is 0 Å². The van der Waals surface area contributed by atoms with Gasteiger partial charge in [0, 0.05) is 26.0 Å².